The van der Waals surface area contributed by atoms with Gasteiger partial charge in [0.1, 0.15) is 11.9 Å². The van der Waals surface area contributed by atoms with Crippen LogP contribution >= 0.6 is 0 Å². The zero-order valence-electron chi connectivity index (χ0n) is 16.0. The number of rotatable bonds is 3. The first-order chi connectivity index (χ1) is 13.6. The Labute approximate surface area is 163 Å². The van der Waals surface area contributed by atoms with E-state index in [9.17, 15) is 10.1 Å². The van der Waals surface area contributed by atoms with Gasteiger partial charge in [0.15, 0.2) is 0 Å². The first kappa shape index (κ1) is 18.0. The molecule has 0 saturated carbocycles. The maximum Gasteiger partial charge on any atom is 0.257 e. The number of amides is 1. The predicted octanol–water partition coefficient (Wildman–Crippen LogP) is 2.58. The Hall–Kier alpha value is -3.40. The molecule has 1 amide bonds. The van der Waals surface area contributed by atoms with Gasteiger partial charge in [-0.05, 0) is 25.0 Å². The highest BCUT2D eigenvalue weighted by Gasteiger charge is 2.28. The average molecular weight is 374 g/mol. The van der Waals surface area contributed by atoms with Crippen molar-refractivity contribution in [2.75, 3.05) is 25.0 Å². The summed E-state index contributed by atoms with van der Waals surface area (Å²) in [5, 5.41) is 14.6. The number of nitriles is 1. The summed E-state index contributed by atoms with van der Waals surface area (Å²) < 4.78 is 1.64. The lowest BCUT2D eigenvalue weighted by atomic mass is 10.0. The van der Waals surface area contributed by atoms with Crippen molar-refractivity contribution in [3.05, 3.63) is 53.9 Å². The number of carbonyl (C=O) groups excluding carboxylic acids is 1. The second-order valence-corrected chi connectivity index (χ2v) is 7.20. The van der Waals surface area contributed by atoms with E-state index in [1.807, 2.05) is 42.3 Å². The molecule has 1 aliphatic heterocycles. The number of hydrogen-bond acceptors (Lipinski definition) is 5. The molecule has 3 aromatic rings. The van der Waals surface area contributed by atoms with Gasteiger partial charge in [-0.1, -0.05) is 18.2 Å². The van der Waals surface area contributed by atoms with Crippen LogP contribution in [0.5, 0.6) is 0 Å². The number of fused-ring (bicyclic) bond motifs is 1. The van der Waals surface area contributed by atoms with E-state index in [-0.39, 0.29) is 11.9 Å². The van der Waals surface area contributed by atoms with Gasteiger partial charge < -0.3 is 9.80 Å². The van der Waals surface area contributed by atoms with Gasteiger partial charge in [-0.2, -0.15) is 10.4 Å². The number of aromatic nitrogens is 3. The van der Waals surface area contributed by atoms with Crippen molar-refractivity contribution in [3.8, 4) is 6.07 Å². The molecular formula is C21H22N6O. The molecular weight excluding hydrogens is 352 g/mol. The number of para-hydroxylation sites is 1. The molecule has 0 spiro atoms. The number of hydrogen-bond donors (Lipinski definition) is 0. The molecule has 7 heteroatoms. The van der Waals surface area contributed by atoms with Crippen LogP contribution in [-0.2, 0) is 7.05 Å². The summed E-state index contributed by atoms with van der Waals surface area (Å²) in [7, 11) is 3.66. The quantitative estimate of drug-likeness (QED) is 0.704. The fraction of sp³-hybridized carbons (Fsp3) is 0.333. The molecule has 1 fully saturated rings. The Bertz CT molecular complexity index is 1060. The van der Waals surface area contributed by atoms with E-state index >= 15 is 0 Å². The number of benzene rings is 1. The molecule has 28 heavy (non-hydrogen) atoms. The highest BCUT2D eigenvalue weighted by Crippen LogP contribution is 2.27. The monoisotopic (exact) mass is 374 g/mol. The summed E-state index contributed by atoms with van der Waals surface area (Å²) >= 11 is 0. The first-order valence-electron chi connectivity index (χ1n) is 9.37. The molecule has 2 aromatic heterocycles. The normalized spacial score (nSPS) is 14.8. The fourth-order valence-electron chi connectivity index (χ4n) is 3.80. The lowest BCUT2D eigenvalue weighted by Crippen LogP contribution is -2.46. The third-order valence-corrected chi connectivity index (χ3v) is 5.41. The second kappa shape index (κ2) is 7.31. The van der Waals surface area contributed by atoms with Crippen molar-refractivity contribution < 1.29 is 4.79 Å². The van der Waals surface area contributed by atoms with Gasteiger partial charge in [-0.15, -0.1) is 0 Å². The number of anilines is 1. The Morgan fingerprint density at radius 2 is 2.04 bits per heavy atom. The zero-order valence-corrected chi connectivity index (χ0v) is 16.0. The molecule has 7 nitrogen and oxygen atoms in total. The van der Waals surface area contributed by atoms with Gasteiger partial charge in [-0.3, -0.25) is 9.48 Å². The van der Waals surface area contributed by atoms with Crippen LogP contribution in [0.1, 0.15) is 28.8 Å². The van der Waals surface area contributed by atoms with Crippen LogP contribution in [-0.4, -0.2) is 51.8 Å². The highest BCUT2D eigenvalue weighted by atomic mass is 16.2. The van der Waals surface area contributed by atoms with E-state index in [0.29, 0.717) is 11.1 Å². The highest BCUT2D eigenvalue weighted by molar-refractivity contribution is 5.93. The zero-order chi connectivity index (χ0) is 19.7. The topological polar surface area (TPSA) is 78.1 Å². The SMILES string of the molecule is CN(C(=O)c1cnn(C)c1)C1CCN(c2nc3ccccc3cc2C#N)CC1. The molecule has 1 aliphatic rings. The van der Waals surface area contributed by atoms with Gasteiger partial charge in [0.05, 0.1) is 22.8 Å². The summed E-state index contributed by atoms with van der Waals surface area (Å²) in [6, 6.07) is 12.2. The molecule has 4 rings (SSSR count). The minimum Gasteiger partial charge on any atom is -0.355 e. The molecule has 0 aliphatic carbocycles. The molecule has 0 unspecified atom stereocenters. The fourth-order valence-corrected chi connectivity index (χ4v) is 3.80. The molecule has 0 N–H and O–H groups in total. The Morgan fingerprint density at radius 1 is 1.29 bits per heavy atom. The third kappa shape index (κ3) is 3.29. The second-order valence-electron chi connectivity index (χ2n) is 7.20. The molecule has 0 atom stereocenters. The van der Waals surface area contributed by atoms with Crippen LogP contribution in [0, 0.1) is 11.3 Å². The van der Waals surface area contributed by atoms with E-state index in [0.717, 1.165) is 42.7 Å². The minimum absolute atomic E-state index is 0.00639. The standard InChI is InChI=1S/C21H22N6O/c1-25-14-17(13-23-25)21(28)26(2)18-7-9-27(10-8-18)20-16(12-22)11-15-5-3-4-6-19(15)24-20/h3-6,11,13-14,18H,7-10H2,1-2H3. The third-order valence-electron chi connectivity index (χ3n) is 5.41. The summed E-state index contributed by atoms with van der Waals surface area (Å²) in [6.07, 6.45) is 5.02. The van der Waals surface area contributed by atoms with Crippen LogP contribution in [0.2, 0.25) is 0 Å². The molecule has 142 valence electrons. The largest absolute Gasteiger partial charge is 0.355 e. The summed E-state index contributed by atoms with van der Waals surface area (Å²) in [6.45, 7) is 1.52. The summed E-state index contributed by atoms with van der Waals surface area (Å²) in [5.74, 6) is 0.731. The predicted molar refractivity (Wildman–Crippen MR) is 107 cm³/mol. The number of nitrogens with zero attached hydrogens (tertiary/aromatic N) is 6. The van der Waals surface area contributed by atoms with Gasteiger partial charge in [0.2, 0.25) is 0 Å². The van der Waals surface area contributed by atoms with E-state index in [2.05, 4.69) is 16.1 Å². The van der Waals surface area contributed by atoms with Crippen molar-refractivity contribution in [1.82, 2.24) is 19.7 Å². The van der Waals surface area contributed by atoms with Crippen LogP contribution in [0.25, 0.3) is 10.9 Å². The van der Waals surface area contributed by atoms with Gasteiger partial charge in [0, 0.05) is 44.8 Å². The Morgan fingerprint density at radius 3 is 2.71 bits per heavy atom. The number of piperidine rings is 1. The number of pyridine rings is 1. The summed E-state index contributed by atoms with van der Waals surface area (Å²) in [5.41, 5.74) is 2.09. The molecule has 3 heterocycles. The van der Waals surface area contributed by atoms with E-state index in [1.54, 1.807) is 24.1 Å². The first-order valence-corrected chi connectivity index (χ1v) is 9.37. The number of carbonyl (C=O) groups is 1. The van der Waals surface area contributed by atoms with Crippen molar-refractivity contribution in [3.63, 3.8) is 0 Å². The van der Waals surface area contributed by atoms with Crippen molar-refractivity contribution >= 4 is 22.6 Å². The van der Waals surface area contributed by atoms with Gasteiger partial charge in [0.25, 0.3) is 5.91 Å². The van der Waals surface area contributed by atoms with Crippen molar-refractivity contribution in [1.29, 1.82) is 5.26 Å². The number of aryl methyl sites for hydroxylation is 1. The smallest absolute Gasteiger partial charge is 0.257 e. The van der Waals surface area contributed by atoms with E-state index in [4.69, 9.17) is 4.98 Å². The Balaban J connectivity index is 1.49. The van der Waals surface area contributed by atoms with Gasteiger partial charge >= 0.3 is 0 Å². The van der Waals surface area contributed by atoms with Crippen LogP contribution in [0.3, 0.4) is 0 Å². The lowest BCUT2D eigenvalue weighted by Gasteiger charge is -2.37. The van der Waals surface area contributed by atoms with Crippen LogP contribution in [0.4, 0.5) is 5.82 Å². The maximum absolute atomic E-state index is 12.7. The summed E-state index contributed by atoms with van der Waals surface area (Å²) in [4.78, 5) is 21.4. The molecule has 1 aromatic carbocycles. The van der Waals surface area contributed by atoms with E-state index < -0.39 is 0 Å². The molecule has 0 radical (unpaired) electrons. The maximum atomic E-state index is 12.7. The van der Waals surface area contributed by atoms with Crippen LogP contribution < -0.4 is 4.90 Å². The van der Waals surface area contributed by atoms with Gasteiger partial charge in [-0.25, -0.2) is 4.98 Å². The van der Waals surface area contributed by atoms with Crippen LogP contribution in [0.15, 0.2) is 42.7 Å². The van der Waals surface area contributed by atoms with E-state index in [1.165, 1.54) is 0 Å². The lowest BCUT2D eigenvalue weighted by molar-refractivity contribution is 0.0709. The molecule has 0 bridgehead atoms. The van der Waals surface area contributed by atoms with Crippen molar-refractivity contribution in [2.24, 2.45) is 7.05 Å². The van der Waals surface area contributed by atoms with Crippen molar-refractivity contribution in [2.45, 2.75) is 18.9 Å². The molecule has 1 saturated heterocycles. The Kier molecular flexibility index (Phi) is 4.70. The minimum atomic E-state index is -0.00639. The average Bonchev–Trinajstić information content (AvgIpc) is 3.18.